The van der Waals surface area contributed by atoms with Crippen molar-refractivity contribution >= 4 is 48.1 Å². The van der Waals surface area contributed by atoms with E-state index in [0.29, 0.717) is 36.6 Å². The second-order valence-electron chi connectivity index (χ2n) is 15.5. The van der Waals surface area contributed by atoms with Crippen LogP contribution in [0.3, 0.4) is 0 Å². The van der Waals surface area contributed by atoms with Gasteiger partial charge in [0.05, 0.1) is 51.7 Å². The van der Waals surface area contributed by atoms with Crippen LogP contribution in [0.5, 0.6) is 5.75 Å². The van der Waals surface area contributed by atoms with Gasteiger partial charge in [0, 0.05) is 47.9 Å². The lowest BCUT2D eigenvalue weighted by atomic mass is 9.82. The fourth-order valence-corrected chi connectivity index (χ4v) is 13.4. The van der Waals surface area contributed by atoms with E-state index in [0.717, 1.165) is 40.4 Å². The lowest BCUT2D eigenvalue weighted by Gasteiger charge is -2.37. The third kappa shape index (κ3) is 6.46. The summed E-state index contributed by atoms with van der Waals surface area (Å²) in [5, 5.41) is 21.0. The highest BCUT2D eigenvalue weighted by Crippen LogP contribution is 2.60. The number of β-lactam (4-membered cyclic amide) rings is 1. The van der Waals surface area contributed by atoms with Crippen LogP contribution >= 0.6 is 11.6 Å². The fourth-order valence-electron chi connectivity index (χ4n) is 9.16. The molecule has 0 radical (unpaired) electrons. The summed E-state index contributed by atoms with van der Waals surface area (Å²) in [5.41, 5.74) is 3.86. The molecule has 2 saturated heterocycles. The zero-order chi connectivity index (χ0) is 38.5. The van der Waals surface area contributed by atoms with Gasteiger partial charge in [-0.3, -0.25) is 14.3 Å². The number of carbonyl (C=O) groups excluding carboxylic acids is 2. The van der Waals surface area contributed by atoms with Crippen molar-refractivity contribution in [2.24, 2.45) is 5.92 Å². The highest BCUT2D eigenvalue weighted by atomic mass is 35.5. The minimum absolute atomic E-state index is 0.0301. The summed E-state index contributed by atoms with van der Waals surface area (Å²) < 4.78 is 14.6. The van der Waals surface area contributed by atoms with Crippen molar-refractivity contribution in [2.75, 3.05) is 30.1 Å². The van der Waals surface area contributed by atoms with E-state index >= 15 is 4.79 Å². The Labute approximate surface area is 327 Å². The van der Waals surface area contributed by atoms with Gasteiger partial charge in [0.15, 0.2) is 5.60 Å². The molecule has 0 saturated carbocycles. The third-order valence-corrected chi connectivity index (χ3v) is 16.8. The molecule has 5 aromatic rings. The van der Waals surface area contributed by atoms with Crippen molar-refractivity contribution in [1.82, 2.24) is 15.0 Å². The Morgan fingerprint density at radius 3 is 2.42 bits per heavy atom. The molecule has 3 aliphatic heterocycles. The number of aliphatic hydroxyl groups excluding tert-OH is 1. The SMILES string of the molecule is COc1ccc([Si](C)(C)[C@@H]2[C@@H](CCn3cc(C(CO)c4ccccc4)nn3)O[C@]3(C(=O)N(Cc4ccc(N5CCC5=O)cc4)c4ccc(Cl)cc43)[C@H]2C)cc1. The number of ether oxygens (including phenoxy) is 2. The summed E-state index contributed by atoms with van der Waals surface area (Å²) in [5.74, 6) is 0.346. The van der Waals surface area contributed by atoms with Gasteiger partial charge in [0.25, 0.3) is 5.91 Å². The van der Waals surface area contributed by atoms with Gasteiger partial charge in [0.1, 0.15) is 5.75 Å². The normalized spacial score (nSPS) is 22.6. The number of hydrogen-bond donors (Lipinski definition) is 1. The molecule has 3 aliphatic rings. The second kappa shape index (κ2) is 14.7. The standard InChI is InChI=1S/C43H46ClN5O5Si/c1-28-41(55(3,4)34-17-15-33(53-2)16-18-34)39(20-22-47-26-37(45-46-47)35(27-50)30-8-6-5-7-9-30)54-43(28)36-24-31(44)12-19-38(36)49(42(43)52)25-29-10-13-32(14-11-29)48-23-21-40(48)51/h5-19,24,26,28,35,39,41,50H,20-23,25,27H2,1-4H3/t28-,35?,39+,41-,43+/m0/s1. The number of anilines is 2. The molecule has 284 valence electrons. The van der Waals surface area contributed by atoms with Crippen LogP contribution in [0.4, 0.5) is 11.4 Å². The number of amides is 2. The van der Waals surface area contributed by atoms with E-state index in [1.807, 2.05) is 101 Å². The van der Waals surface area contributed by atoms with Crippen LogP contribution < -0.4 is 19.7 Å². The van der Waals surface area contributed by atoms with Gasteiger partial charge in [-0.15, -0.1) is 5.10 Å². The maximum Gasteiger partial charge on any atom is 0.264 e. The molecule has 12 heteroatoms. The van der Waals surface area contributed by atoms with E-state index in [1.54, 1.807) is 12.0 Å². The summed E-state index contributed by atoms with van der Waals surface area (Å²) in [7, 11) is -0.708. The molecule has 8 rings (SSSR count). The van der Waals surface area contributed by atoms with Crippen molar-refractivity contribution in [2.45, 2.75) is 69.1 Å². The molecule has 1 N–H and O–H groups in total. The molecule has 10 nitrogen and oxygen atoms in total. The zero-order valence-corrected chi connectivity index (χ0v) is 33.3. The van der Waals surface area contributed by atoms with Crippen LogP contribution in [0.25, 0.3) is 0 Å². The number of fused-ring (bicyclic) bond motifs is 2. The highest BCUT2D eigenvalue weighted by Gasteiger charge is 2.66. The van der Waals surface area contributed by atoms with E-state index in [2.05, 4.69) is 42.5 Å². The Morgan fingerprint density at radius 1 is 1.02 bits per heavy atom. The average Bonchev–Trinajstić information content (AvgIpc) is 3.85. The first-order valence-electron chi connectivity index (χ1n) is 18.9. The topological polar surface area (TPSA) is 110 Å². The molecule has 1 unspecified atom stereocenters. The van der Waals surface area contributed by atoms with Crippen LogP contribution in [-0.4, -0.2) is 66.4 Å². The first-order valence-corrected chi connectivity index (χ1v) is 22.4. The minimum Gasteiger partial charge on any atom is -0.497 e. The van der Waals surface area contributed by atoms with E-state index in [9.17, 15) is 9.90 Å². The van der Waals surface area contributed by atoms with Crippen LogP contribution in [-0.2, 0) is 33.0 Å². The van der Waals surface area contributed by atoms with Gasteiger partial charge < -0.3 is 24.4 Å². The molecule has 1 spiro atoms. The number of hydrogen-bond acceptors (Lipinski definition) is 7. The summed E-state index contributed by atoms with van der Waals surface area (Å²) in [6.45, 7) is 8.42. The van der Waals surface area contributed by atoms with Crippen molar-refractivity contribution < 1.29 is 24.2 Å². The molecule has 2 fully saturated rings. The number of aromatic nitrogens is 3. The molecular formula is C43H46ClN5O5Si. The molecule has 4 aromatic carbocycles. The van der Waals surface area contributed by atoms with Gasteiger partial charge in [-0.25, -0.2) is 0 Å². The Kier molecular flexibility index (Phi) is 9.91. The number of halogens is 1. The number of carbonyl (C=O) groups is 2. The third-order valence-electron chi connectivity index (χ3n) is 12.2. The predicted molar refractivity (Wildman–Crippen MR) is 216 cm³/mol. The maximum absolute atomic E-state index is 15.2. The first-order chi connectivity index (χ1) is 26.5. The number of benzene rings is 4. The van der Waals surface area contributed by atoms with Gasteiger partial charge in [0.2, 0.25) is 5.91 Å². The molecule has 4 heterocycles. The second-order valence-corrected chi connectivity index (χ2v) is 20.6. The quantitative estimate of drug-likeness (QED) is 0.112. The minimum atomic E-state index is -2.38. The summed E-state index contributed by atoms with van der Waals surface area (Å²) >= 11 is 6.72. The highest BCUT2D eigenvalue weighted by molar-refractivity contribution is 6.91. The Hall–Kier alpha value is -4.81. The predicted octanol–water partition coefficient (Wildman–Crippen LogP) is 6.65. The van der Waals surface area contributed by atoms with Gasteiger partial charge in [-0.2, -0.15) is 0 Å². The van der Waals surface area contributed by atoms with Crippen LogP contribution in [0.1, 0.15) is 48.1 Å². The summed E-state index contributed by atoms with van der Waals surface area (Å²) in [6, 6.07) is 31.7. The monoisotopic (exact) mass is 775 g/mol. The van der Waals surface area contributed by atoms with Crippen LogP contribution in [0.15, 0.2) is 103 Å². The molecule has 55 heavy (non-hydrogen) atoms. The van der Waals surface area contributed by atoms with E-state index in [-0.39, 0.29) is 41.9 Å². The van der Waals surface area contributed by atoms with Crippen molar-refractivity contribution in [1.29, 1.82) is 0 Å². The van der Waals surface area contributed by atoms with E-state index < -0.39 is 13.7 Å². The molecule has 0 aliphatic carbocycles. The maximum atomic E-state index is 15.2. The summed E-state index contributed by atoms with van der Waals surface area (Å²) in [4.78, 5) is 30.9. The van der Waals surface area contributed by atoms with Gasteiger partial charge >= 0.3 is 0 Å². The number of methoxy groups -OCH3 is 1. The van der Waals surface area contributed by atoms with Gasteiger partial charge in [-0.1, -0.05) is 96.6 Å². The zero-order valence-electron chi connectivity index (χ0n) is 31.6. The lowest BCUT2D eigenvalue weighted by Crippen LogP contribution is -2.51. The summed E-state index contributed by atoms with van der Waals surface area (Å²) in [6.07, 6.45) is 2.78. The van der Waals surface area contributed by atoms with Gasteiger partial charge in [-0.05, 0) is 65.6 Å². The van der Waals surface area contributed by atoms with Crippen LogP contribution in [0.2, 0.25) is 23.7 Å². The van der Waals surface area contributed by atoms with E-state index in [4.69, 9.17) is 21.1 Å². The van der Waals surface area contributed by atoms with Crippen molar-refractivity contribution in [3.63, 3.8) is 0 Å². The number of rotatable bonds is 12. The Bertz CT molecular complexity index is 2200. The van der Waals surface area contributed by atoms with Crippen molar-refractivity contribution in [3.8, 4) is 5.75 Å². The Morgan fingerprint density at radius 2 is 1.76 bits per heavy atom. The van der Waals surface area contributed by atoms with Crippen LogP contribution in [0, 0.1) is 5.92 Å². The molecule has 1 aromatic heterocycles. The lowest BCUT2D eigenvalue weighted by molar-refractivity contribution is -0.146. The first kappa shape index (κ1) is 37.1. The van der Waals surface area contributed by atoms with Crippen molar-refractivity contribution in [3.05, 3.63) is 131 Å². The Balaban J connectivity index is 1.13. The fraction of sp³-hybridized carbons (Fsp3) is 0.349. The molecule has 5 atom stereocenters. The number of aliphatic hydroxyl groups is 1. The molecular weight excluding hydrogens is 730 g/mol. The molecule has 0 bridgehead atoms. The average molecular weight is 776 g/mol. The number of aryl methyl sites for hydroxylation is 1. The smallest absolute Gasteiger partial charge is 0.264 e. The molecule has 2 amide bonds. The largest absolute Gasteiger partial charge is 0.497 e. The number of nitrogens with zero attached hydrogens (tertiary/aromatic N) is 5. The van der Waals surface area contributed by atoms with E-state index in [1.165, 1.54) is 5.19 Å².